The van der Waals surface area contributed by atoms with E-state index in [-0.39, 0.29) is 11.7 Å². The molecule has 0 saturated carbocycles. The average Bonchev–Trinajstić information content (AvgIpc) is 2.29. The van der Waals surface area contributed by atoms with Crippen molar-refractivity contribution in [2.75, 3.05) is 17.3 Å². The Morgan fingerprint density at radius 1 is 1.65 bits per heavy atom. The van der Waals surface area contributed by atoms with E-state index in [1.807, 2.05) is 28.8 Å². The third-order valence-electron chi connectivity index (χ3n) is 2.16. The topological polar surface area (TPSA) is 55.1 Å². The minimum Gasteiger partial charge on any atom is -0.324 e. The SMILES string of the molecule is CSCC[C@@H](N)C(=O)Nc1ccc(F)cc1I. The van der Waals surface area contributed by atoms with Gasteiger partial charge in [0.1, 0.15) is 5.82 Å². The van der Waals surface area contributed by atoms with Crippen LogP contribution in [0.1, 0.15) is 6.42 Å². The molecule has 17 heavy (non-hydrogen) atoms. The van der Waals surface area contributed by atoms with Gasteiger partial charge in [0.25, 0.3) is 0 Å². The summed E-state index contributed by atoms with van der Waals surface area (Å²) in [6, 6.07) is 3.69. The van der Waals surface area contributed by atoms with E-state index < -0.39 is 6.04 Å². The van der Waals surface area contributed by atoms with E-state index in [0.29, 0.717) is 15.7 Å². The van der Waals surface area contributed by atoms with E-state index in [4.69, 9.17) is 5.73 Å². The van der Waals surface area contributed by atoms with Gasteiger partial charge >= 0.3 is 0 Å². The van der Waals surface area contributed by atoms with E-state index in [1.54, 1.807) is 11.8 Å². The summed E-state index contributed by atoms with van der Waals surface area (Å²) in [6.45, 7) is 0. The van der Waals surface area contributed by atoms with Crippen LogP contribution >= 0.6 is 34.4 Å². The highest BCUT2D eigenvalue weighted by atomic mass is 127. The van der Waals surface area contributed by atoms with Crippen molar-refractivity contribution < 1.29 is 9.18 Å². The number of thioether (sulfide) groups is 1. The van der Waals surface area contributed by atoms with Gasteiger partial charge in [0.2, 0.25) is 5.91 Å². The number of hydrogen-bond donors (Lipinski definition) is 2. The van der Waals surface area contributed by atoms with E-state index in [0.717, 1.165) is 5.75 Å². The van der Waals surface area contributed by atoms with Crippen molar-refractivity contribution in [1.82, 2.24) is 0 Å². The highest BCUT2D eigenvalue weighted by molar-refractivity contribution is 14.1. The first-order valence-electron chi connectivity index (χ1n) is 5.05. The number of amides is 1. The summed E-state index contributed by atoms with van der Waals surface area (Å²) < 4.78 is 13.5. The highest BCUT2D eigenvalue weighted by Crippen LogP contribution is 2.19. The molecule has 0 unspecified atom stereocenters. The second-order valence-electron chi connectivity index (χ2n) is 3.50. The molecule has 94 valence electrons. The molecule has 0 heterocycles. The maximum atomic E-state index is 12.9. The van der Waals surface area contributed by atoms with Gasteiger partial charge in [-0.1, -0.05) is 0 Å². The predicted molar refractivity (Wildman–Crippen MR) is 78.7 cm³/mol. The Balaban J connectivity index is 2.61. The summed E-state index contributed by atoms with van der Waals surface area (Å²) >= 11 is 3.62. The number of hydrogen-bond acceptors (Lipinski definition) is 3. The van der Waals surface area contributed by atoms with E-state index in [2.05, 4.69) is 5.32 Å². The fourth-order valence-corrected chi connectivity index (χ4v) is 2.29. The van der Waals surface area contributed by atoms with Gasteiger partial charge in [-0.3, -0.25) is 4.79 Å². The largest absolute Gasteiger partial charge is 0.324 e. The van der Waals surface area contributed by atoms with Gasteiger partial charge < -0.3 is 11.1 Å². The molecule has 1 rings (SSSR count). The number of benzene rings is 1. The van der Waals surface area contributed by atoms with Crippen molar-refractivity contribution >= 4 is 45.9 Å². The number of carbonyl (C=O) groups excluding carboxylic acids is 1. The molecule has 0 aliphatic rings. The quantitative estimate of drug-likeness (QED) is 0.786. The number of carbonyl (C=O) groups is 1. The van der Waals surface area contributed by atoms with E-state index in [9.17, 15) is 9.18 Å². The minimum absolute atomic E-state index is 0.233. The minimum atomic E-state index is -0.525. The standard InChI is InChI=1S/C11H14FIN2OS/c1-17-5-4-9(14)11(16)15-10-3-2-7(12)6-8(10)13/h2-3,6,9H,4-5,14H2,1H3,(H,15,16)/t9-/m1/s1. The predicted octanol–water partition coefficient (Wildman–Crippen LogP) is 2.45. The molecular formula is C11H14FIN2OS. The lowest BCUT2D eigenvalue weighted by molar-refractivity contribution is -0.117. The number of rotatable bonds is 5. The summed E-state index contributed by atoms with van der Waals surface area (Å²) in [5.74, 6) is 0.289. The van der Waals surface area contributed by atoms with Gasteiger partial charge in [-0.2, -0.15) is 11.8 Å². The van der Waals surface area contributed by atoms with Crippen LogP contribution in [0.25, 0.3) is 0 Å². The van der Waals surface area contributed by atoms with Crippen LogP contribution in [0.15, 0.2) is 18.2 Å². The van der Waals surface area contributed by atoms with Gasteiger partial charge in [0.05, 0.1) is 11.7 Å². The van der Waals surface area contributed by atoms with Gasteiger partial charge in [0, 0.05) is 3.57 Å². The van der Waals surface area contributed by atoms with Crippen LogP contribution in [0.4, 0.5) is 10.1 Å². The molecule has 1 amide bonds. The first-order chi connectivity index (χ1) is 8.04. The van der Waals surface area contributed by atoms with Gasteiger partial charge in [-0.15, -0.1) is 0 Å². The molecule has 0 spiro atoms. The zero-order valence-electron chi connectivity index (χ0n) is 9.37. The third kappa shape index (κ3) is 4.81. The second-order valence-corrected chi connectivity index (χ2v) is 5.65. The van der Waals surface area contributed by atoms with Crippen LogP contribution in [-0.4, -0.2) is 24.0 Å². The lowest BCUT2D eigenvalue weighted by Crippen LogP contribution is -2.36. The first kappa shape index (κ1) is 14.7. The molecule has 1 aromatic rings. The summed E-state index contributed by atoms with van der Waals surface area (Å²) in [6.07, 6.45) is 2.60. The number of nitrogens with one attached hydrogen (secondary N) is 1. The van der Waals surface area contributed by atoms with Crippen molar-refractivity contribution in [3.8, 4) is 0 Å². The molecule has 0 bridgehead atoms. The third-order valence-corrected chi connectivity index (χ3v) is 3.70. The van der Waals surface area contributed by atoms with Crippen molar-refractivity contribution in [2.45, 2.75) is 12.5 Å². The molecule has 1 atom stereocenters. The fraction of sp³-hybridized carbons (Fsp3) is 0.364. The molecule has 0 aliphatic carbocycles. The monoisotopic (exact) mass is 368 g/mol. The fourth-order valence-electron chi connectivity index (χ4n) is 1.19. The molecule has 3 nitrogen and oxygen atoms in total. The first-order valence-corrected chi connectivity index (χ1v) is 7.52. The average molecular weight is 368 g/mol. The van der Waals surface area contributed by atoms with Crippen molar-refractivity contribution in [1.29, 1.82) is 0 Å². The maximum absolute atomic E-state index is 12.9. The molecule has 0 aliphatic heterocycles. The molecule has 0 aromatic heterocycles. The van der Waals surface area contributed by atoms with Crippen LogP contribution < -0.4 is 11.1 Å². The van der Waals surface area contributed by atoms with Crippen LogP contribution in [0.3, 0.4) is 0 Å². The Labute approximate surface area is 118 Å². The zero-order chi connectivity index (χ0) is 12.8. The van der Waals surface area contributed by atoms with E-state index >= 15 is 0 Å². The Bertz CT molecular complexity index is 403. The summed E-state index contributed by atoms with van der Waals surface area (Å²) in [4.78, 5) is 11.7. The number of nitrogens with two attached hydrogens (primary N) is 1. The molecule has 0 saturated heterocycles. The lowest BCUT2D eigenvalue weighted by atomic mass is 10.2. The van der Waals surface area contributed by atoms with Gasteiger partial charge in [-0.05, 0) is 59.2 Å². The van der Waals surface area contributed by atoms with Crippen LogP contribution in [0.2, 0.25) is 0 Å². The summed E-state index contributed by atoms with van der Waals surface area (Å²) in [5.41, 5.74) is 6.32. The lowest BCUT2D eigenvalue weighted by Gasteiger charge is -2.12. The maximum Gasteiger partial charge on any atom is 0.241 e. The number of halogens is 2. The van der Waals surface area contributed by atoms with Gasteiger partial charge in [-0.25, -0.2) is 4.39 Å². The Morgan fingerprint density at radius 3 is 2.94 bits per heavy atom. The Morgan fingerprint density at radius 2 is 2.35 bits per heavy atom. The normalized spacial score (nSPS) is 12.2. The van der Waals surface area contributed by atoms with E-state index in [1.165, 1.54) is 18.2 Å². The molecule has 0 radical (unpaired) electrons. The molecule has 0 fully saturated rings. The summed E-state index contributed by atoms with van der Waals surface area (Å²) in [5, 5.41) is 2.70. The second kappa shape index (κ2) is 7.17. The van der Waals surface area contributed by atoms with Crippen molar-refractivity contribution in [2.24, 2.45) is 5.73 Å². The van der Waals surface area contributed by atoms with Crippen molar-refractivity contribution in [3.63, 3.8) is 0 Å². The summed E-state index contributed by atoms with van der Waals surface area (Å²) in [7, 11) is 0. The van der Waals surface area contributed by atoms with Gasteiger partial charge in [0.15, 0.2) is 0 Å². The Kier molecular flexibility index (Phi) is 6.21. The van der Waals surface area contributed by atoms with Crippen molar-refractivity contribution in [3.05, 3.63) is 27.6 Å². The van der Waals surface area contributed by atoms with Crippen LogP contribution in [-0.2, 0) is 4.79 Å². The molecular weight excluding hydrogens is 354 g/mol. The zero-order valence-corrected chi connectivity index (χ0v) is 12.3. The van der Waals surface area contributed by atoms with Crippen LogP contribution in [0.5, 0.6) is 0 Å². The Hall–Kier alpha value is -0.340. The number of anilines is 1. The molecule has 1 aromatic carbocycles. The molecule has 3 N–H and O–H groups in total. The molecule has 6 heteroatoms. The van der Waals surface area contributed by atoms with Crippen LogP contribution in [0, 0.1) is 9.39 Å². The smallest absolute Gasteiger partial charge is 0.241 e. The highest BCUT2D eigenvalue weighted by Gasteiger charge is 2.14.